The Balaban J connectivity index is 2.15. The average Bonchev–Trinajstić information content (AvgIpc) is 2.67. The van der Waals surface area contributed by atoms with Gasteiger partial charge in [0.15, 0.2) is 5.82 Å². The Labute approximate surface area is 95.8 Å². The second kappa shape index (κ2) is 4.90. The molecule has 16 heavy (non-hydrogen) atoms. The molecule has 2 heterocycles. The molecule has 0 amide bonds. The first-order chi connectivity index (χ1) is 7.70. The van der Waals surface area contributed by atoms with Crippen molar-refractivity contribution in [3.05, 3.63) is 11.6 Å². The minimum Gasteiger partial charge on any atom is -0.324 e. The Kier molecular flexibility index (Phi) is 3.52. The molecular formula is C10H20N6. The predicted molar refractivity (Wildman–Crippen MR) is 61.8 cm³/mol. The van der Waals surface area contributed by atoms with E-state index in [1.54, 1.807) is 0 Å². The van der Waals surface area contributed by atoms with Crippen molar-refractivity contribution >= 4 is 0 Å². The van der Waals surface area contributed by atoms with Gasteiger partial charge in [0, 0.05) is 6.54 Å². The molecule has 1 unspecified atom stereocenters. The number of H-pyrrole nitrogens is 1. The topological polar surface area (TPSA) is 74.1 Å². The van der Waals surface area contributed by atoms with Crippen LogP contribution in [-0.4, -0.2) is 58.7 Å². The number of hydrogen-bond donors (Lipinski definition) is 2. The number of nitrogens with one attached hydrogen (secondary N) is 1. The van der Waals surface area contributed by atoms with E-state index in [0.29, 0.717) is 6.54 Å². The van der Waals surface area contributed by atoms with Crippen molar-refractivity contribution in [1.29, 1.82) is 0 Å². The van der Waals surface area contributed by atoms with E-state index < -0.39 is 0 Å². The maximum atomic E-state index is 5.53. The van der Waals surface area contributed by atoms with Crippen LogP contribution < -0.4 is 5.73 Å². The molecule has 90 valence electrons. The third-order valence-electron chi connectivity index (χ3n) is 3.11. The standard InChI is InChI=1S/C10H20N6/c1-15-4-3-5-16(2)8(7-15)10-12-9(6-11)13-14-10/h8H,3-7,11H2,1-2H3,(H,12,13,14). The van der Waals surface area contributed by atoms with Crippen LogP contribution in [0.5, 0.6) is 0 Å². The summed E-state index contributed by atoms with van der Waals surface area (Å²) in [6, 6.07) is 0.268. The lowest BCUT2D eigenvalue weighted by Gasteiger charge is -2.24. The van der Waals surface area contributed by atoms with Crippen molar-refractivity contribution in [3.8, 4) is 0 Å². The highest BCUT2D eigenvalue weighted by Crippen LogP contribution is 2.19. The van der Waals surface area contributed by atoms with Gasteiger partial charge >= 0.3 is 0 Å². The molecule has 0 aliphatic carbocycles. The summed E-state index contributed by atoms with van der Waals surface area (Å²) in [6.07, 6.45) is 1.19. The van der Waals surface area contributed by atoms with E-state index in [4.69, 9.17) is 5.73 Å². The summed E-state index contributed by atoms with van der Waals surface area (Å²) < 4.78 is 0. The molecule has 1 aromatic heterocycles. The van der Waals surface area contributed by atoms with Crippen LogP contribution in [0.2, 0.25) is 0 Å². The smallest absolute Gasteiger partial charge is 0.169 e. The summed E-state index contributed by atoms with van der Waals surface area (Å²) in [6.45, 7) is 3.61. The van der Waals surface area contributed by atoms with Crippen LogP contribution in [0.3, 0.4) is 0 Å². The van der Waals surface area contributed by atoms with Gasteiger partial charge in [-0.05, 0) is 33.6 Å². The van der Waals surface area contributed by atoms with Crippen LogP contribution in [-0.2, 0) is 6.54 Å². The third kappa shape index (κ3) is 2.40. The van der Waals surface area contributed by atoms with E-state index in [1.807, 2.05) is 0 Å². The van der Waals surface area contributed by atoms with E-state index in [1.165, 1.54) is 6.42 Å². The minimum atomic E-state index is 0.268. The van der Waals surface area contributed by atoms with Gasteiger partial charge in [-0.2, -0.15) is 5.10 Å². The number of aromatic nitrogens is 3. The molecule has 3 N–H and O–H groups in total. The first-order valence-electron chi connectivity index (χ1n) is 5.70. The van der Waals surface area contributed by atoms with Gasteiger partial charge in [0.05, 0.1) is 12.6 Å². The van der Waals surface area contributed by atoms with E-state index >= 15 is 0 Å². The highest BCUT2D eigenvalue weighted by Gasteiger charge is 2.25. The Morgan fingerprint density at radius 1 is 1.44 bits per heavy atom. The van der Waals surface area contributed by atoms with Gasteiger partial charge in [-0.15, -0.1) is 0 Å². The maximum absolute atomic E-state index is 5.53. The monoisotopic (exact) mass is 224 g/mol. The highest BCUT2D eigenvalue weighted by molar-refractivity contribution is 4.99. The summed E-state index contributed by atoms with van der Waals surface area (Å²) in [4.78, 5) is 9.06. The van der Waals surface area contributed by atoms with Gasteiger partial charge in [-0.1, -0.05) is 0 Å². The van der Waals surface area contributed by atoms with Crippen molar-refractivity contribution < 1.29 is 0 Å². The third-order valence-corrected chi connectivity index (χ3v) is 3.11. The van der Waals surface area contributed by atoms with Gasteiger partial charge < -0.3 is 10.6 Å². The van der Waals surface area contributed by atoms with E-state index in [-0.39, 0.29) is 6.04 Å². The van der Waals surface area contributed by atoms with Crippen LogP contribution in [0.25, 0.3) is 0 Å². The molecular weight excluding hydrogens is 204 g/mol. The molecule has 2 rings (SSSR count). The fourth-order valence-corrected chi connectivity index (χ4v) is 2.10. The quantitative estimate of drug-likeness (QED) is 0.713. The first-order valence-corrected chi connectivity index (χ1v) is 5.70. The van der Waals surface area contributed by atoms with Crippen LogP contribution >= 0.6 is 0 Å². The molecule has 1 aliphatic rings. The lowest BCUT2D eigenvalue weighted by molar-refractivity contribution is 0.220. The molecule has 0 radical (unpaired) electrons. The zero-order valence-electron chi connectivity index (χ0n) is 9.98. The van der Waals surface area contributed by atoms with Crippen LogP contribution in [0.4, 0.5) is 0 Å². The summed E-state index contributed by atoms with van der Waals surface area (Å²) in [5, 5.41) is 7.13. The summed E-state index contributed by atoms with van der Waals surface area (Å²) in [5.41, 5.74) is 5.53. The Hall–Kier alpha value is -0.980. The number of rotatable bonds is 2. The number of aromatic amines is 1. The fourth-order valence-electron chi connectivity index (χ4n) is 2.10. The van der Waals surface area contributed by atoms with E-state index in [2.05, 4.69) is 39.1 Å². The van der Waals surface area contributed by atoms with E-state index in [0.717, 1.165) is 31.3 Å². The Morgan fingerprint density at radius 2 is 2.25 bits per heavy atom. The second-order valence-electron chi connectivity index (χ2n) is 4.46. The molecule has 0 aromatic carbocycles. The van der Waals surface area contributed by atoms with Crippen molar-refractivity contribution in [2.24, 2.45) is 5.73 Å². The molecule has 0 saturated carbocycles. The van der Waals surface area contributed by atoms with Gasteiger partial charge in [-0.25, -0.2) is 4.98 Å². The second-order valence-corrected chi connectivity index (χ2v) is 4.46. The Bertz CT molecular complexity index is 336. The molecule has 6 nitrogen and oxygen atoms in total. The van der Waals surface area contributed by atoms with Crippen molar-refractivity contribution in [2.75, 3.05) is 33.7 Å². The lowest BCUT2D eigenvalue weighted by atomic mass is 10.2. The van der Waals surface area contributed by atoms with E-state index in [9.17, 15) is 0 Å². The molecule has 1 atom stereocenters. The molecule has 1 saturated heterocycles. The summed E-state index contributed by atoms with van der Waals surface area (Å²) in [5.74, 6) is 1.62. The van der Waals surface area contributed by atoms with Crippen LogP contribution in [0.15, 0.2) is 0 Å². The largest absolute Gasteiger partial charge is 0.324 e. The molecule has 6 heteroatoms. The number of likely N-dealkylation sites (N-methyl/N-ethyl adjacent to an activating group) is 2. The van der Waals surface area contributed by atoms with Gasteiger partial charge in [0.2, 0.25) is 0 Å². The summed E-state index contributed by atoms with van der Waals surface area (Å²) in [7, 11) is 4.27. The number of hydrogen-bond acceptors (Lipinski definition) is 5. The fraction of sp³-hybridized carbons (Fsp3) is 0.800. The minimum absolute atomic E-state index is 0.268. The molecule has 0 bridgehead atoms. The van der Waals surface area contributed by atoms with Gasteiger partial charge in [0.25, 0.3) is 0 Å². The molecule has 1 aliphatic heterocycles. The normalized spacial score (nSPS) is 24.6. The predicted octanol–water partition coefficient (Wildman–Crippen LogP) is -0.428. The first kappa shape index (κ1) is 11.5. The van der Waals surface area contributed by atoms with Crippen molar-refractivity contribution in [3.63, 3.8) is 0 Å². The molecule has 1 fully saturated rings. The average molecular weight is 224 g/mol. The van der Waals surface area contributed by atoms with Gasteiger partial charge in [0.1, 0.15) is 5.82 Å². The zero-order valence-corrected chi connectivity index (χ0v) is 9.98. The molecule has 0 spiro atoms. The lowest BCUT2D eigenvalue weighted by Crippen LogP contribution is -2.31. The maximum Gasteiger partial charge on any atom is 0.169 e. The number of nitrogens with zero attached hydrogens (tertiary/aromatic N) is 4. The highest BCUT2D eigenvalue weighted by atomic mass is 15.3. The SMILES string of the molecule is CN1CCCN(C)C(c2n[nH]c(CN)n2)C1. The molecule has 1 aromatic rings. The van der Waals surface area contributed by atoms with Crippen LogP contribution in [0.1, 0.15) is 24.1 Å². The number of nitrogens with two attached hydrogens (primary N) is 1. The van der Waals surface area contributed by atoms with Crippen molar-refractivity contribution in [2.45, 2.75) is 19.0 Å². The summed E-state index contributed by atoms with van der Waals surface area (Å²) >= 11 is 0. The van der Waals surface area contributed by atoms with Crippen molar-refractivity contribution in [1.82, 2.24) is 25.0 Å². The van der Waals surface area contributed by atoms with Gasteiger partial charge in [-0.3, -0.25) is 10.00 Å². The Morgan fingerprint density at radius 3 is 2.94 bits per heavy atom. The van der Waals surface area contributed by atoms with Crippen LogP contribution in [0, 0.1) is 0 Å². The zero-order chi connectivity index (χ0) is 11.5.